The largest absolute Gasteiger partial charge is 0.373 e. The van der Waals surface area contributed by atoms with Crippen molar-refractivity contribution in [2.24, 2.45) is 0 Å². The summed E-state index contributed by atoms with van der Waals surface area (Å²) in [4.78, 5) is 0. The van der Waals surface area contributed by atoms with Crippen LogP contribution in [0.5, 0.6) is 0 Å². The molecule has 1 radical (unpaired) electrons. The van der Waals surface area contributed by atoms with Crippen LogP contribution in [0.1, 0.15) is 27.2 Å². The van der Waals surface area contributed by atoms with Gasteiger partial charge in [0.05, 0.1) is 6.61 Å². The third kappa shape index (κ3) is 5.99. The molecule has 1 N–H and O–H groups in total. The molecule has 0 aliphatic heterocycles. The minimum absolute atomic E-state index is 0.0217. The first-order valence-electron chi connectivity index (χ1n) is 4.62. The number of rotatable bonds is 8. The lowest BCUT2D eigenvalue weighted by atomic mass is 10.5. The summed E-state index contributed by atoms with van der Waals surface area (Å²) >= 11 is 0. The molecule has 13 heavy (non-hydrogen) atoms. The second kappa shape index (κ2) is 7.26. The Kier molecular flexibility index (Phi) is 7.17. The third-order valence-corrected chi connectivity index (χ3v) is 1.29. The molecule has 0 aromatic heterocycles. The molecule has 0 bridgehead atoms. The molecule has 0 aromatic rings. The predicted molar refractivity (Wildman–Crippen MR) is 48.7 cm³/mol. The first kappa shape index (κ1) is 12.8. The maximum atomic E-state index is 9.67. The van der Waals surface area contributed by atoms with Crippen LogP contribution in [0.4, 0.5) is 0 Å². The zero-order valence-electron chi connectivity index (χ0n) is 8.58. The Labute approximate surface area is 79.8 Å². The maximum absolute atomic E-state index is 9.67. The molecule has 0 spiro atoms. The molecular formula is C9H19O4. The fourth-order valence-corrected chi connectivity index (χ4v) is 0.780. The van der Waals surface area contributed by atoms with Crippen LogP contribution in [0.15, 0.2) is 0 Å². The number of aliphatic hydroxyl groups is 1. The normalized spacial score (nSPS) is 15.7. The van der Waals surface area contributed by atoms with Gasteiger partial charge in [-0.1, -0.05) is 6.92 Å². The van der Waals surface area contributed by atoms with E-state index in [9.17, 15) is 5.11 Å². The highest BCUT2D eigenvalue weighted by Crippen LogP contribution is 2.12. The highest BCUT2D eigenvalue weighted by atomic mass is 16.8. The van der Waals surface area contributed by atoms with E-state index in [1.54, 1.807) is 6.92 Å². The van der Waals surface area contributed by atoms with Gasteiger partial charge in [-0.25, -0.2) is 0 Å². The minimum Gasteiger partial charge on any atom is -0.373 e. The van der Waals surface area contributed by atoms with Gasteiger partial charge in [-0.05, 0) is 20.3 Å². The zero-order chi connectivity index (χ0) is 10.2. The highest BCUT2D eigenvalue weighted by molar-refractivity contribution is 4.57. The molecule has 0 aliphatic carbocycles. The first-order valence-corrected chi connectivity index (χ1v) is 4.62. The fourth-order valence-electron chi connectivity index (χ4n) is 0.780. The molecule has 0 amide bonds. The van der Waals surface area contributed by atoms with Crippen LogP contribution < -0.4 is 0 Å². The molecule has 0 aliphatic rings. The summed E-state index contributed by atoms with van der Waals surface area (Å²) in [5.74, 6) is -1.62. The summed E-state index contributed by atoms with van der Waals surface area (Å²) in [5, 5.41) is 9.67. The summed E-state index contributed by atoms with van der Waals surface area (Å²) in [5.41, 5.74) is 0. The molecule has 4 nitrogen and oxygen atoms in total. The minimum atomic E-state index is -1.62. The monoisotopic (exact) mass is 191 g/mol. The summed E-state index contributed by atoms with van der Waals surface area (Å²) in [7, 11) is 0. The Morgan fingerprint density at radius 2 is 1.92 bits per heavy atom. The topological polar surface area (TPSA) is 47.9 Å². The molecule has 0 heterocycles. The standard InChI is InChI=1S/C9H19O4/c1-4-7-13-9(10,12-6-3)8-11-5-2/h7,10H,4-6,8H2,1-3H3. The van der Waals surface area contributed by atoms with Crippen molar-refractivity contribution in [1.29, 1.82) is 0 Å². The van der Waals surface area contributed by atoms with E-state index in [4.69, 9.17) is 14.2 Å². The molecular weight excluding hydrogens is 172 g/mol. The van der Waals surface area contributed by atoms with Crippen molar-refractivity contribution < 1.29 is 19.3 Å². The summed E-state index contributed by atoms with van der Waals surface area (Å²) < 4.78 is 15.0. The zero-order valence-corrected chi connectivity index (χ0v) is 8.58. The second-order valence-electron chi connectivity index (χ2n) is 2.48. The van der Waals surface area contributed by atoms with Crippen LogP contribution >= 0.6 is 0 Å². The molecule has 0 rings (SSSR count). The van der Waals surface area contributed by atoms with Crippen LogP contribution in [-0.2, 0) is 14.2 Å². The lowest BCUT2D eigenvalue weighted by Crippen LogP contribution is -2.40. The van der Waals surface area contributed by atoms with Gasteiger partial charge in [0, 0.05) is 13.2 Å². The molecule has 4 heteroatoms. The van der Waals surface area contributed by atoms with E-state index in [1.807, 2.05) is 13.8 Å². The van der Waals surface area contributed by atoms with Crippen LogP contribution in [0.2, 0.25) is 0 Å². The molecule has 0 saturated carbocycles. The fraction of sp³-hybridized carbons (Fsp3) is 0.889. The third-order valence-electron chi connectivity index (χ3n) is 1.29. The van der Waals surface area contributed by atoms with Gasteiger partial charge < -0.3 is 19.3 Å². The van der Waals surface area contributed by atoms with Gasteiger partial charge in [-0.2, -0.15) is 0 Å². The Morgan fingerprint density at radius 1 is 1.23 bits per heavy atom. The lowest BCUT2D eigenvalue weighted by molar-refractivity contribution is -0.363. The van der Waals surface area contributed by atoms with Crippen molar-refractivity contribution in [1.82, 2.24) is 0 Å². The van der Waals surface area contributed by atoms with Gasteiger partial charge in [0.25, 0.3) is 0 Å². The van der Waals surface area contributed by atoms with Gasteiger partial charge in [0.2, 0.25) is 0 Å². The van der Waals surface area contributed by atoms with Crippen molar-refractivity contribution in [3.8, 4) is 0 Å². The van der Waals surface area contributed by atoms with E-state index in [0.717, 1.165) is 0 Å². The second-order valence-corrected chi connectivity index (χ2v) is 2.48. The summed E-state index contributed by atoms with van der Waals surface area (Å²) in [6, 6.07) is 0. The Morgan fingerprint density at radius 3 is 2.38 bits per heavy atom. The van der Waals surface area contributed by atoms with E-state index in [1.165, 1.54) is 6.61 Å². The summed E-state index contributed by atoms with van der Waals surface area (Å²) in [6.45, 7) is 7.95. The van der Waals surface area contributed by atoms with Crippen molar-refractivity contribution in [3.05, 3.63) is 6.61 Å². The number of hydrogen-bond donors (Lipinski definition) is 1. The van der Waals surface area contributed by atoms with Crippen LogP contribution in [0.25, 0.3) is 0 Å². The van der Waals surface area contributed by atoms with Gasteiger partial charge in [-0.15, -0.1) is 0 Å². The van der Waals surface area contributed by atoms with E-state index in [0.29, 0.717) is 19.6 Å². The van der Waals surface area contributed by atoms with Crippen molar-refractivity contribution >= 4 is 0 Å². The Bertz CT molecular complexity index is 108. The average molecular weight is 191 g/mol. The van der Waals surface area contributed by atoms with Crippen molar-refractivity contribution in [2.75, 3.05) is 19.8 Å². The van der Waals surface area contributed by atoms with Crippen LogP contribution in [0, 0.1) is 6.61 Å². The van der Waals surface area contributed by atoms with E-state index >= 15 is 0 Å². The van der Waals surface area contributed by atoms with Crippen LogP contribution in [-0.4, -0.2) is 30.9 Å². The maximum Gasteiger partial charge on any atom is 0.305 e. The molecule has 0 aromatic carbocycles. The average Bonchev–Trinajstić information content (AvgIpc) is 2.12. The number of ether oxygens (including phenoxy) is 3. The Hall–Kier alpha value is -0.160. The van der Waals surface area contributed by atoms with Gasteiger partial charge in [0.1, 0.15) is 6.61 Å². The smallest absolute Gasteiger partial charge is 0.305 e. The molecule has 0 saturated heterocycles. The predicted octanol–water partition coefficient (Wildman–Crippen LogP) is 1.29. The van der Waals surface area contributed by atoms with Crippen molar-refractivity contribution in [2.45, 2.75) is 33.2 Å². The molecule has 1 unspecified atom stereocenters. The SMILES string of the molecule is CC[CH]OC(O)(COCC)OCC. The lowest BCUT2D eigenvalue weighted by Gasteiger charge is -2.26. The molecule has 79 valence electrons. The van der Waals surface area contributed by atoms with E-state index in [2.05, 4.69) is 0 Å². The van der Waals surface area contributed by atoms with E-state index < -0.39 is 5.97 Å². The van der Waals surface area contributed by atoms with Crippen molar-refractivity contribution in [3.63, 3.8) is 0 Å². The van der Waals surface area contributed by atoms with Gasteiger partial charge in [0.15, 0.2) is 0 Å². The van der Waals surface area contributed by atoms with Crippen LogP contribution in [0.3, 0.4) is 0 Å². The first-order chi connectivity index (χ1) is 6.18. The summed E-state index contributed by atoms with van der Waals surface area (Å²) in [6.07, 6.45) is 0.710. The highest BCUT2D eigenvalue weighted by Gasteiger charge is 2.28. The Balaban J connectivity index is 3.84. The van der Waals surface area contributed by atoms with Gasteiger partial charge >= 0.3 is 5.97 Å². The van der Waals surface area contributed by atoms with E-state index in [-0.39, 0.29) is 6.61 Å². The molecule has 1 atom stereocenters. The number of hydrogen-bond acceptors (Lipinski definition) is 4. The quantitative estimate of drug-likeness (QED) is 0.587. The van der Waals surface area contributed by atoms with Gasteiger partial charge in [-0.3, -0.25) is 0 Å². The molecule has 0 fully saturated rings.